The summed E-state index contributed by atoms with van der Waals surface area (Å²) in [4.78, 5) is 4.77. The zero-order valence-electron chi connectivity index (χ0n) is 16.9. The standard InChI is InChI=1S/C21H23N5O3S/c1-3-15-9-11-16(12-10-15)30(27,28)21-20-23-19(22-13-6-14-29-2)17-7-4-5-8-18(17)26(20)25-24-21/h4-5,7-12H,3,6,13-14H2,1-2H3,(H-,22,23,27,28). The molecule has 0 radical (unpaired) electrons. The first-order chi connectivity index (χ1) is 14.6. The van der Waals surface area contributed by atoms with Crippen LogP contribution in [0.25, 0.3) is 16.6 Å². The van der Waals surface area contributed by atoms with Crippen LogP contribution in [-0.4, -0.2) is 44.6 Å². The molecule has 0 bridgehead atoms. The highest BCUT2D eigenvalue weighted by Crippen LogP contribution is 2.30. The van der Waals surface area contributed by atoms with Crippen molar-refractivity contribution in [3.63, 3.8) is 0 Å². The fourth-order valence-electron chi connectivity index (χ4n) is 3.29. The number of benzene rings is 2. The summed E-state index contributed by atoms with van der Waals surface area (Å²) in [5.41, 5.74) is 1.99. The van der Waals surface area contributed by atoms with E-state index in [0.29, 0.717) is 19.0 Å². The summed E-state index contributed by atoms with van der Waals surface area (Å²) in [7, 11) is -2.21. The number of fused-ring (bicyclic) bond motifs is 3. The third kappa shape index (κ3) is 3.67. The van der Waals surface area contributed by atoms with Crippen LogP contribution in [0.4, 0.5) is 5.82 Å². The smallest absolute Gasteiger partial charge is 0.317 e. The average molecular weight is 426 g/mol. The topological polar surface area (TPSA) is 104 Å². The average Bonchev–Trinajstić information content (AvgIpc) is 3.21. The van der Waals surface area contributed by atoms with Crippen LogP contribution in [0.1, 0.15) is 18.9 Å². The van der Waals surface area contributed by atoms with Gasteiger partial charge in [-0.2, -0.15) is 4.52 Å². The Hall–Kier alpha value is -2.88. The van der Waals surface area contributed by atoms with Crippen LogP contribution < -0.4 is 5.32 Å². The van der Waals surface area contributed by atoms with E-state index >= 15 is 0 Å². The van der Waals surface area contributed by atoms with E-state index in [1.165, 1.54) is 4.52 Å². The number of nitrogens with zero attached hydrogens (tertiary/aromatic N) is 4. The van der Waals surface area contributed by atoms with Crippen molar-refractivity contribution >= 4 is 32.6 Å². The number of rotatable bonds is 8. The van der Waals surface area contributed by atoms with E-state index in [4.69, 9.17) is 4.74 Å². The minimum Gasteiger partial charge on any atom is -0.604 e. The van der Waals surface area contributed by atoms with E-state index in [9.17, 15) is 8.76 Å². The number of aromatic nitrogens is 4. The second-order valence-corrected chi connectivity index (χ2v) is 8.75. The Morgan fingerprint density at radius 2 is 1.93 bits per heavy atom. The molecule has 1 N–H and O–H groups in total. The van der Waals surface area contributed by atoms with E-state index in [1.54, 1.807) is 19.2 Å². The molecule has 30 heavy (non-hydrogen) atoms. The van der Waals surface area contributed by atoms with Crippen molar-refractivity contribution in [2.45, 2.75) is 29.7 Å². The van der Waals surface area contributed by atoms with Gasteiger partial charge in [-0.25, -0.2) is 4.98 Å². The third-order valence-electron chi connectivity index (χ3n) is 4.94. The number of nitrogens with one attached hydrogen (secondary N) is 1. The molecule has 0 aliphatic rings. The van der Waals surface area contributed by atoms with Crippen LogP contribution in [0.5, 0.6) is 0 Å². The van der Waals surface area contributed by atoms with Crippen molar-refractivity contribution < 1.29 is 13.5 Å². The molecule has 2 aromatic carbocycles. The van der Waals surface area contributed by atoms with Crippen molar-refractivity contribution in [3.05, 3.63) is 54.1 Å². The number of aryl methyl sites for hydroxylation is 1. The van der Waals surface area contributed by atoms with Crippen molar-refractivity contribution in [2.75, 3.05) is 25.6 Å². The molecular weight excluding hydrogens is 402 g/mol. The summed E-state index contributed by atoms with van der Waals surface area (Å²) >= 11 is 0. The first-order valence-electron chi connectivity index (χ1n) is 9.77. The molecule has 8 nitrogen and oxygen atoms in total. The maximum Gasteiger partial charge on any atom is 0.317 e. The normalized spacial score (nSPS) is 13.6. The fraction of sp³-hybridized carbons (Fsp3) is 0.286. The largest absolute Gasteiger partial charge is 0.604 e. The first-order valence-corrected chi connectivity index (χ1v) is 11.3. The Bertz CT molecular complexity index is 1220. The summed E-state index contributed by atoms with van der Waals surface area (Å²) < 4.78 is 33.1. The van der Waals surface area contributed by atoms with Crippen molar-refractivity contribution in [3.8, 4) is 0 Å². The second kappa shape index (κ2) is 8.47. The Labute approximate surface area is 175 Å². The lowest BCUT2D eigenvalue weighted by atomic mass is 10.2. The fourth-order valence-corrected chi connectivity index (χ4v) is 4.53. The van der Waals surface area contributed by atoms with Crippen LogP contribution in [0.2, 0.25) is 0 Å². The quantitative estimate of drug-likeness (QED) is 0.341. The van der Waals surface area contributed by atoms with Crippen LogP contribution in [0.15, 0.2) is 58.5 Å². The van der Waals surface area contributed by atoms with Gasteiger partial charge >= 0.3 is 5.03 Å². The van der Waals surface area contributed by atoms with E-state index in [0.717, 1.165) is 29.3 Å². The highest BCUT2D eigenvalue weighted by molar-refractivity contribution is 7.97. The van der Waals surface area contributed by atoms with Gasteiger partial charge in [0, 0.05) is 25.6 Å². The second-order valence-electron chi connectivity index (χ2n) is 6.88. The van der Waals surface area contributed by atoms with Crippen LogP contribution >= 0.6 is 0 Å². The molecule has 156 valence electrons. The Morgan fingerprint density at radius 1 is 1.17 bits per heavy atom. The van der Waals surface area contributed by atoms with Crippen LogP contribution in [0.3, 0.4) is 0 Å². The minimum atomic E-state index is -3.87. The van der Waals surface area contributed by atoms with E-state index in [2.05, 4.69) is 20.6 Å². The minimum absolute atomic E-state index is 0.155. The summed E-state index contributed by atoms with van der Waals surface area (Å²) in [6.07, 6.45) is 1.63. The molecule has 0 aliphatic carbocycles. The summed E-state index contributed by atoms with van der Waals surface area (Å²) in [5.74, 6) is 0.592. The molecule has 4 rings (SSSR count). The zero-order chi connectivity index (χ0) is 21.1. The van der Waals surface area contributed by atoms with Gasteiger partial charge < -0.3 is 14.6 Å². The molecule has 1 unspecified atom stereocenters. The Morgan fingerprint density at radius 3 is 2.67 bits per heavy atom. The van der Waals surface area contributed by atoms with E-state index < -0.39 is 10.2 Å². The molecule has 0 amide bonds. The molecule has 2 aromatic heterocycles. The molecule has 0 saturated heterocycles. The lowest BCUT2D eigenvalue weighted by Crippen LogP contribution is -2.13. The van der Waals surface area contributed by atoms with Crippen LogP contribution in [-0.2, 0) is 25.6 Å². The SMILES string of the molecule is CCc1ccc([S+](=O)([O-])c2nnn3c2nc(NCCCOC)c2ccccc23)cc1. The molecule has 0 aliphatic heterocycles. The van der Waals surface area contributed by atoms with Crippen LogP contribution in [0, 0.1) is 0 Å². The first kappa shape index (κ1) is 20.4. The van der Waals surface area contributed by atoms with Gasteiger partial charge in [0.05, 0.1) is 5.52 Å². The van der Waals surface area contributed by atoms with Crippen molar-refractivity contribution in [2.24, 2.45) is 0 Å². The predicted molar refractivity (Wildman–Crippen MR) is 114 cm³/mol. The van der Waals surface area contributed by atoms with Gasteiger partial charge in [0.15, 0.2) is 4.90 Å². The summed E-state index contributed by atoms with van der Waals surface area (Å²) in [6, 6.07) is 14.4. The van der Waals surface area contributed by atoms with Crippen molar-refractivity contribution in [1.82, 2.24) is 19.8 Å². The number of ether oxygens (including phenoxy) is 1. The summed E-state index contributed by atoms with van der Waals surface area (Å²) in [6.45, 7) is 3.28. The number of methoxy groups -OCH3 is 1. The highest BCUT2D eigenvalue weighted by Gasteiger charge is 2.32. The predicted octanol–water partition coefficient (Wildman–Crippen LogP) is 3.34. The number of anilines is 1. The van der Waals surface area contributed by atoms with Gasteiger partial charge in [-0.3, -0.25) is 0 Å². The van der Waals surface area contributed by atoms with E-state index in [-0.39, 0.29) is 15.6 Å². The Balaban J connectivity index is 1.83. The van der Waals surface area contributed by atoms with Gasteiger partial charge in [0.25, 0.3) is 0 Å². The number of para-hydroxylation sites is 1. The monoisotopic (exact) mass is 425 g/mol. The van der Waals surface area contributed by atoms with Gasteiger partial charge in [-0.15, -0.1) is 0 Å². The maximum absolute atomic E-state index is 13.3. The zero-order valence-corrected chi connectivity index (χ0v) is 17.7. The molecule has 9 heteroatoms. The number of sulfone groups is 1. The third-order valence-corrected chi connectivity index (χ3v) is 6.60. The maximum atomic E-state index is 13.3. The molecule has 4 aromatic rings. The molecule has 1 atom stereocenters. The highest BCUT2D eigenvalue weighted by atomic mass is 32.3. The molecule has 0 saturated carbocycles. The van der Waals surface area contributed by atoms with E-state index in [1.807, 2.05) is 43.3 Å². The molecule has 0 spiro atoms. The number of hydrogen-bond acceptors (Lipinski definition) is 7. The molecule has 2 heterocycles. The van der Waals surface area contributed by atoms with Gasteiger partial charge in [-0.1, -0.05) is 45.7 Å². The van der Waals surface area contributed by atoms with Gasteiger partial charge in [0.1, 0.15) is 16.0 Å². The number of hydrogen-bond donors (Lipinski definition) is 1. The Kier molecular flexibility index (Phi) is 5.76. The summed E-state index contributed by atoms with van der Waals surface area (Å²) in [5, 5.41) is 12.1. The molecular formula is C21H23N5O3S. The van der Waals surface area contributed by atoms with Gasteiger partial charge in [-0.05, 0) is 42.7 Å². The van der Waals surface area contributed by atoms with Crippen molar-refractivity contribution in [1.29, 1.82) is 0 Å². The van der Waals surface area contributed by atoms with Gasteiger partial charge in [0.2, 0.25) is 5.65 Å². The molecule has 0 fully saturated rings. The lowest BCUT2D eigenvalue weighted by Gasteiger charge is -2.13. The lowest BCUT2D eigenvalue weighted by molar-refractivity contribution is 0.198.